The molecule has 1 atom stereocenters. The fraction of sp³-hybridized carbons (Fsp3) is 0.182. The van der Waals surface area contributed by atoms with Crippen LogP contribution in [0.25, 0.3) is 0 Å². The van der Waals surface area contributed by atoms with Crippen LogP contribution in [0.2, 0.25) is 5.02 Å². The van der Waals surface area contributed by atoms with Crippen LogP contribution < -0.4 is 10.6 Å². The molecule has 3 amide bonds. The molecule has 0 unspecified atom stereocenters. The number of imide groups is 1. The van der Waals surface area contributed by atoms with Crippen molar-refractivity contribution in [3.63, 3.8) is 0 Å². The van der Waals surface area contributed by atoms with Crippen LogP contribution in [0.15, 0.2) is 24.3 Å². The van der Waals surface area contributed by atoms with Crippen molar-refractivity contribution in [1.82, 2.24) is 10.6 Å². The van der Waals surface area contributed by atoms with Crippen LogP contribution in [0.3, 0.4) is 0 Å². The minimum absolute atomic E-state index is 0.0157. The number of nitrogens with one attached hydrogen (secondary N) is 2. The predicted molar refractivity (Wildman–Crippen MR) is 60.5 cm³/mol. The highest BCUT2D eigenvalue weighted by Crippen LogP contribution is 2.10. The maximum atomic E-state index is 11.7. The van der Waals surface area contributed by atoms with Gasteiger partial charge in [0.15, 0.2) is 0 Å². The van der Waals surface area contributed by atoms with Crippen molar-refractivity contribution in [2.24, 2.45) is 0 Å². The molecule has 88 valence electrons. The zero-order valence-electron chi connectivity index (χ0n) is 8.70. The van der Waals surface area contributed by atoms with Crippen molar-refractivity contribution in [3.05, 3.63) is 34.9 Å². The Morgan fingerprint density at radius 3 is 2.47 bits per heavy atom. The van der Waals surface area contributed by atoms with Crippen LogP contribution in [0, 0.1) is 0 Å². The van der Waals surface area contributed by atoms with Gasteiger partial charge in [-0.3, -0.25) is 19.7 Å². The van der Waals surface area contributed by atoms with Gasteiger partial charge in [0.1, 0.15) is 6.04 Å². The second-order valence-electron chi connectivity index (χ2n) is 3.65. The first-order chi connectivity index (χ1) is 8.06. The molecule has 6 heteroatoms. The van der Waals surface area contributed by atoms with E-state index in [0.717, 1.165) is 0 Å². The maximum Gasteiger partial charge on any atom is 0.251 e. The molecule has 1 aromatic carbocycles. The Labute approximate surface area is 102 Å². The monoisotopic (exact) mass is 252 g/mol. The molecule has 5 nitrogen and oxygen atoms in total. The van der Waals surface area contributed by atoms with Gasteiger partial charge < -0.3 is 5.32 Å². The third-order valence-corrected chi connectivity index (χ3v) is 2.63. The number of hydrogen-bond acceptors (Lipinski definition) is 3. The second kappa shape index (κ2) is 4.55. The van der Waals surface area contributed by atoms with E-state index >= 15 is 0 Å². The second-order valence-corrected chi connectivity index (χ2v) is 4.09. The number of amides is 3. The summed E-state index contributed by atoms with van der Waals surface area (Å²) >= 11 is 5.69. The van der Waals surface area contributed by atoms with E-state index in [2.05, 4.69) is 10.6 Å². The van der Waals surface area contributed by atoms with Gasteiger partial charge in [-0.15, -0.1) is 0 Å². The van der Waals surface area contributed by atoms with Crippen molar-refractivity contribution in [2.75, 3.05) is 0 Å². The third-order valence-electron chi connectivity index (χ3n) is 2.38. The zero-order valence-corrected chi connectivity index (χ0v) is 9.45. The number of rotatable bonds is 2. The molecule has 0 bridgehead atoms. The van der Waals surface area contributed by atoms with E-state index in [-0.39, 0.29) is 12.3 Å². The molecule has 0 aromatic heterocycles. The summed E-state index contributed by atoms with van der Waals surface area (Å²) in [7, 11) is 0. The first-order valence-electron chi connectivity index (χ1n) is 4.96. The standard InChI is InChI=1S/C11H9ClN2O3/c12-7-3-1-6(2-4-7)10(16)13-8-5-9(15)14-11(8)17/h1-4,8H,5H2,(H,13,16)(H,14,15,17)/t8-/m0/s1. The lowest BCUT2D eigenvalue weighted by atomic mass is 10.2. The van der Waals surface area contributed by atoms with Gasteiger partial charge in [0.05, 0.1) is 6.42 Å². The average molecular weight is 253 g/mol. The quantitative estimate of drug-likeness (QED) is 0.752. The van der Waals surface area contributed by atoms with E-state index in [0.29, 0.717) is 10.6 Å². The fourth-order valence-corrected chi connectivity index (χ4v) is 1.64. The van der Waals surface area contributed by atoms with Gasteiger partial charge in [-0.25, -0.2) is 0 Å². The van der Waals surface area contributed by atoms with Crippen LogP contribution >= 0.6 is 11.6 Å². The van der Waals surface area contributed by atoms with E-state index in [1.165, 1.54) is 0 Å². The predicted octanol–water partition coefficient (Wildman–Crippen LogP) is 0.485. The minimum Gasteiger partial charge on any atom is -0.340 e. The molecular formula is C11H9ClN2O3. The molecule has 1 heterocycles. The van der Waals surface area contributed by atoms with Crippen LogP contribution in [-0.2, 0) is 9.59 Å². The Bertz CT molecular complexity index is 484. The largest absolute Gasteiger partial charge is 0.340 e. The van der Waals surface area contributed by atoms with Gasteiger partial charge in [0, 0.05) is 10.6 Å². The van der Waals surface area contributed by atoms with Gasteiger partial charge >= 0.3 is 0 Å². The summed E-state index contributed by atoms with van der Waals surface area (Å²) in [5.74, 6) is -1.26. The Morgan fingerprint density at radius 2 is 1.94 bits per heavy atom. The Morgan fingerprint density at radius 1 is 1.29 bits per heavy atom. The highest BCUT2D eigenvalue weighted by molar-refractivity contribution is 6.30. The lowest BCUT2D eigenvalue weighted by Gasteiger charge is -2.08. The summed E-state index contributed by atoms with van der Waals surface area (Å²) < 4.78 is 0. The van der Waals surface area contributed by atoms with E-state index in [1.807, 2.05) is 0 Å². The highest BCUT2D eigenvalue weighted by atomic mass is 35.5. The molecular weight excluding hydrogens is 244 g/mol. The van der Waals surface area contributed by atoms with Crippen molar-refractivity contribution in [3.8, 4) is 0 Å². The number of hydrogen-bond donors (Lipinski definition) is 2. The van der Waals surface area contributed by atoms with E-state index < -0.39 is 17.9 Å². The first kappa shape index (κ1) is 11.6. The lowest BCUT2D eigenvalue weighted by molar-refractivity contribution is -0.125. The molecule has 0 spiro atoms. The van der Waals surface area contributed by atoms with Gasteiger partial charge in [-0.1, -0.05) is 11.6 Å². The van der Waals surface area contributed by atoms with E-state index in [4.69, 9.17) is 11.6 Å². The molecule has 17 heavy (non-hydrogen) atoms. The third kappa shape index (κ3) is 2.62. The number of benzene rings is 1. The average Bonchev–Trinajstić information content (AvgIpc) is 2.58. The molecule has 1 aromatic rings. The smallest absolute Gasteiger partial charge is 0.251 e. The van der Waals surface area contributed by atoms with Crippen LogP contribution in [0.4, 0.5) is 0 Å². The topological polar surface area (TPSA) is 75.3 Å². The van der Waals surface area contributed by atoms with Crippen molar-refractivity contribution < 1.29 is 14.4 Å². The molecule has 1 saturated heterocycles. The molecule has 0 radical (unpaired) electrons. The van der Waals surface area contributed by atoms with Crippen molar-refractivity contribution >= 4 is 29.3 Å². The first-order valence-corrected chi connectivity index (χ1v) is 5.34. The fourth-order valence-electron chi connectivity index (χ4n) is 1.51. The van der Waals surface area contributed by atoms with Gasteiger partial charge in [0.2, 0.25) is 11.8 Å². The van der Waals surface area contributed by atoms with E-state index in [1.54, 1.807) is 24.3 Å². The number of halogens is 1. The molecule has 2 rings (SSSR count). The van der Waals surface area contributed by atoms with Crippen LogP contribution in [0.1, 0.15) is 16.8 Å². The molecule has 2 N–H and O–H groups in total. The maximum absolute atomic E-state index is 11.7. The summed E-state index contributed by atoms with van der Waals surface area (Å²) in [6.07, 6.45) is -0.0157. The summed E-state index contributed by atoms with van der Waals surface area (Å²) in [6.45, 7) is 0. The van der Waals surface area contributed by atoms with Gasteiger partial charge in [-0.2, -0.15) is 0 Å². The van der Waals surface area contributed by atoms with Gasteiger partial charge in [-0.05, 0) is 24.3 Å². The molecule has 0 aliphatic carbocycles. The minimum atomic E-state index is -0.786. The summed E-state index contributed by atoms with van der Waals surface area (Å²) in [5.41, 5.74) is 0.390. The lowest BCUT2D eigenvalue weighted by Crippen LogP contribution is -2.40. The van der Waals surface area contributed by atoms with Crippen LogP contribution in [0.5, 0.6) is 0 Å². The normalized spacial score (nSPS) is 19.0. The van der Waals surface area contributed by atoms with Crippen LogP contribution in [-0.4, -0.2) is 23.8 Å². The Balaban J connectivity index is 2.04. The van der Waals surface area contributed by atoms with Gasteiger partial charge in [0.25, 0.3) is 5.91 Å². The van der Waals surface area contributed by atoms with Crippen molar-refractivity contribution in [2.45, 2.75) is 12.5 Å². The molecule has 1 aliphatic heterocycles. The summed E-state index contributed by atoms with van der Waals surface area (Å²) in [4.78, 5) is 33.9. The Kier molecular flexibility index (Phi) is 3.10. The molecule has 0 saturated carbocycles. The SMILES string of the molecule is O=C1C[C@H](NC(=O)c2ccc(Cl)cc2)C(=O)N1. The van der Waals surface area contributed by atoms with Crippen molar-refractivity contribution in [1.29, 1.82) is 0 Å². The number of carbonyl (C=O) groups excluding carboxylic acids is 3. The number of carbonyl (C=O) groups is 3. The highest BCUT2D eigenvalue weighted by Gasteiger charge is 2.31. The van der Waals surface area contributed by atoms with E-state index in [9.17, 15) is 14.4 Å². The zero-order chi connectivity index (χ0) is 12.4. The Hall–Kier alpha value is -1.88. The molecule has 1 fully saturated rings. The summed E-state index contributed by atoms with van der Waals surface area (Å²) in [6, 6.07) is 5.47. The summed E-state index contributed by atoms with van der Waals surface area (Å²) in [5, 5.41) is 5.12. The molecule has 1 aliphatic rings.